The van der Waals surface area contributed by atoms with E-state index in [4.69, 9.17) is 5.11 Å². The summed E-state index contributed by atoms with van der Waals surface area (Å²) in [6, 6.07) is 11.9. The molecular weight excluding hydrogens is 248 g/mol. The number of carboxylic acids is 1. The molecule has 5 heteroatoms. The smallest absolute Gasteiger partial charge is 0.304 e. The van der Waals surface area contributed by atoms with Gasteiger partial charge in [0.1, 0.15) is 0 Å². The lowest BCUT2D eigenvalue weighted by Crippen LogP contribution is -1.97. The highest BCUT2D eigenvalue weighted by Gasteiger charge is 2.02. The van der Waals surface area contributed by atoms with Crippen molar-refractivity contribution in [3.05, 3.63) is 48.3 Å². The Hall–Kier alpha value is -1.75. The highest BCUT2D eigenvalue weighted by molar-refractivity contribution is 7.98. The number of para-hydroxylation sites is 1. The number of hydrogen-bond acceptors (Lipinski definition) is 3. The fourth-order valence-electron chi connectivity index (χ4n) is 1.50. The van der Waals surface area contributed by atoms with Crippen molar-refractivity contribution in [2.24, 2.45) is 0 Å². The van der Waals surface area contributed by atoms with Crippen LogP contribution >= 0.6 is 11.8 Å². The maximum absolute atomic E-state index is 10.4. The highest BCUT2D eigenvalue weighted by Crippen LogP contribution is 2.13. The van der Waals surface area contributed by atoms with Crippen LogP contribution in [-0.4, -0.2) is 26.6 Å². The third kappa shape index (κ3) is 3.63. The number of aliphatic carboxylic acids is 1. The fraction of sp³-hybridized carbons (Fsp3) is 0.231. The molecule has 1 aromatic heterocycles. The number of aromatic nitrogens is 2. The topological polar surface area (TPSA) is 55.1 Å². The van der Waals surface area contributed by atoms with Crippen LogP contribution in [-0.2, 0) is 10.5 Å². The molecule has 0 fully saturated rings. The number of benzene rings is 1. The van der Waals surface area contributed by atoms with Gasteiger partial charge in [0, 0.05) is 17.7 Å². The zero-order valence-corrected chi connectivity index (χ0v) is 10.6. The van der Waals surface area contributed by atoms with Crippen molar-refractivity contribution in [1.29, 1.82) is 0 Å². The largest absolute Gasteiger partial charge is 0.481 e. The van der Waals surface area contributed by atoms with Gasteiger partial charge in [0.15, 0.2) is 0 Å². The van der Waals surface area contributed by atoms with Gasteiger partial charge in [-0.1, -0.05) is 18.2 Å². The first-order valence-electron chi connectivity index (χ1n) is 5.65. The number of hydrogen-bond donors (Lipinski definition) is 1. The zero-order valence-electron chi connectivity index (χ0n) is 9.82. The number of nitrogens with zero attached hydrogens (tertiary/aromatic N) is 2. The van der Waals surface area contributed by atoms with Crippen LogP contribution in [0, 0.1) is 0 Å². The molecule has 0 aliphatic carbocycles. The summed E-state index contributed by atoms with van der Waals surface area (Å²) < 4.78 is 1.83. The Morgan fingerprint density at radius 2 is 2.06 bits per heavy atom. The molecule has 0 bridgehead atoms. The minimum atomic E-state index is -0.752. The third-order valence-electron chi connectivity index (χ3n) is 2.38. The SMILES string of the molecule is O=C(O)CCSCc1ccn(-c2ccccc2)n1. The molecule has 0 saturated carbocycles. The van der Waals surface area contributed by atoms with Gasteiger partial charge in [0.05, 0.1) is 17.8 Å². The van der Waals surface area contributed by atoms with E-state index in [1.54, 1.807) is 11.8 Å². The second-order valence-corrected chi connectivity index (χ2v) is 4.89. The second kappa shape index (κ2) is 6.26. The number of carbonyl (C=O) groups is 1. The minimum absolute atomic E-state index is 0.198. The van der Waals surface area contributed by atoms with E-state index in [0.717, 1.165) is 17.1 Å². The summed E-state index contributed by atoms with van der Waals surface area (Å²) >= 11 is 1.59. The fourth-order valence-corrected chi connectivity index (χ4v) is 2.33. The summed E-state index contributed by atoms with van der Waals surface area (Å²) in [5.74, 6) is 0.609. The molecule has 2 aromatic rings. The van der Waals surface area contributed by atoms with Crippen LogP contribution in [0.2, 0.25) is 0 Å². The van der Waals surface area contributed by atoms with Crippen LogP contribution in [0.4, 0.5) is 0 Å². The van der Waals surface area contributed by atoms with Crippen molar-refractivity contribution in [2.75, 3.05) is 5.75 Å². The molecule has 4 nitrogen and oxygen atoms in total. The second-order valence-electron chi connectivity index (χ2n) is 3.78. The quantitative estimate of drug-likeness (QED) is 0.813. The van der Waals surface area contributed by atoms with Crippen LogP contribution in [0.15, 0.2) is 42.6 Å². The van der Waals surface area contributed by atoms with E-state index >= 15 is 0 Å². The van der Waals surface area contributed by atoms with Gasteiger partial charge in [0.25, 0.3) is 0 Å². The van der Waals surface area contributed by atoms with Crippen LogP contribution in [0.1, 0.15) is 12.1 Å². The lowest BCUT2D eigenvalue weighted by atomic mass is 10.3. The molecule has 2 rings (SSSR count). The molecule has 0 aliphatic heterocycles. The zero-order chi connectivity index (χ0) is 12.8. The Kier molecular flexibility index (Phi) is 4.41. The Labute approximate surface area is 110 Å². The molecular formula is C13H14N2O2S. The minimum Gasteiger partial charge on any atom is -0.481 e. The highest BCUT2D eigenvalue weighted by atomic mass is 32.2. The standard InChI is InChI=1S/C13H14N2O2S/c16-13(17)7-9-18-10-11-6-8-15(14-11)12-4-2-1-3-5-12/h1-6,8H,7,9-10H2,(H,16,17). The van der Waals surface area contributed by atoms with Crippen LogP contribution in [0.3, 0.4) is 0 Å². The molecule has 0 atom stereocenters. The van der Waals surface area contributed by atoms with Crippen molar-refractivity contribution in [1.82, 2.24) is 9.78 Å². The molecule has 0 unspecified atom stereocenters. The Morgan fingerprint density at radius 1 is 1.28 bits per heavy atom. The average Bonchev–Trinajstić information content (AvgIpc) is 2.84. The van der Waals surface area contributed by atoms with Crippen molar-refractivity contribution < 1.29 is 9.90 Å². The Bertz CT molecular complexity index is 511. The van der Waals surface area contributed by atoms with E-state index in [-0.39, 0.29) is 6.42 Å². The molecule has 0 saturated heterocycles. The van der Waals surface area contributed by atoms with E-state index in [0.29, 0.717) is 5.75 Å². The number of carboxylic acid groups (broad SMARTS) is 1. The van der Waals surface area contributed by atoms with Gasteiger partial charge in [-0.15, -0.1) is 0 Å². The van der Waals surface area contributed by atoms with Gasteiger partial charge >= 0.3 is 5.97 Å². The molecule has 1 N–H and O–H groups in total. The van der Waals surface area contributed by atoms with E-state index < -0.39 is 5.97 Å². The first-order chi connectivity index (χ1) is 8.75. The predicted molar refractivity (Wildman–Crippen MR) is 72.0 cm³/mol. The molecule has 0 spiro atoms. The van der Waals surface area contributed by atoms with Crippen LogP contribution in [0.25, 0.3) is 5.69 Å². The van der Waals surface area contributed by atoms with E-state index in [1.165, 1.54) is 0 Å². The van der Waals surface area contributed by atoms with Gasteiger partial charge in [-0.05, 0) is 18.2 Å². The molecule has 94 valence electrons. The number of thioether (sulfide) groups is 1. The van der Waals surface area contributed by atoms with Crippen molar-refractivity contribution >= 4 is 17.7 Å². The van der Waals surface area contributed by atoms with E-state index in [1.807, 2.05) is 47.3 Å². The molecule has 0 amide bonds. The van der Waals surface area contributed by atoms with Gasteiger partial charge in [-0.2, -0.15) is 16.9 Å². The average molecular weight is 262 g/mol. The summed E-state index contributed by atoms with van der Waals surface area (Å²) in [6.07, 6.45) is 2.12. The maximum atomic E-state index is 10.4. The van der Waals surface area contributed by atoms with E-state index in [9.17, 15) is 4.79 Å². The summed E-state index contributed by atoms with van der Waals surface area (Å²) in [5, 5.41) is 13.0. The molecule has 1 heterocycles. The third-order valence-corrected chi connectivity index (χ3v) is 3.37. The summed E-state index contributed by atoms with van der Waals surface area (Å²) in [7, 11) is 0. The number of rotatable bonds is 6. The molecule has 0 radical (unpaired) electrons. The van der Waals surface area contributed by atoms with Crippen molar-refractivity contribution in [2.45, 2.75) is 12.2 Å². The van der Waals surface area contributed by atoms with Crippen molar-refractivity contribution in [3.8, 4) is 5.69 Å². The summed E-state index contributed by atoms with van der Waals surface area (Å²) in [4.78, 5) is 10.4. The Morgan fingerprint density at radius 3 is 2.78 bits per heavy atom. The van der Waals surface area contributed by atoms with Crippen molar-refractivity contribution in [3.63, 3.8) is 0 Å². The Balaban J connectivity index is 1.89. The maximum Gasteiger partial charge on any atom is 0.304 e. The van der Waals surface area contributed by atoms with Gasteiger partial charge < -0.3 is 5.11 Å². The van der Waals surface area contributed by atoms with Gasteiger partial charge in [0.2, 0.25) is 0 Å². The van der Waals surface area contributed by atoms with Gasteiger partial charge in [-0.25, -0.2) is 4.68 Å². The molecule has 1 aromatic carbocycles. The van der Waals surface area contributed by atoms with E-state index in [2.05, 4.69) is 5.10 Å². The monoisotopic (exact) mass is 262 g/mol. The molecule has 18 heavy (non-hydrogen) atoms. The predicted octanol–water partition coefficient (Wildman–Crippen LogP) is 2.58. The summed E-state index contributed by atoms with van der Waals surface area (Å²) in [6.45, 7) is 0. The first-order valence-corrected chi connectivity index (χ1v) is 6.80. The first kappa shape index (κ1) is 12.7. The summed E-state index contributed by atoms with van der Waals surface area (Å²) in [5.41, 5.74) is 1.99. The lowest BCUT2D eigenvalue weighted by molar-refractivity contribution is -0.136. The lowest BCUT2D eigenvalue weighted by Gasteiger charge is -2.00. The molecule has 0 aliphatic rings. The normalized spacial score (nSPS) is 10.4. The van der Waals surface area contributed by atoms with Crippen LogP contribution in [0.5, 0.6) is 0 Å². The van der Waals surface area contributed by atoms with Gasteiger partial charge in [-0.3, -0.25) is 4.79 Å². The van der Waals surface area contributed by atoms with Crippen LogP contribution < -0.4 is 0 Å².